The number of aromatic nitrogens is 8. The third-order valence-corrected chi connectivity index (χ3v) is 9.28. The lowest BCUT2D eigenvalue weighted by Crippen LogP contribution is -2.25. The number of nitrogens with zero attached hydrogens (tertiary/aromatic N) is 7. The second kappa shape index (κ2) is 8.72. The number of anilines is 2. The van der Waals surface area contributed by atoms with Gasteiger partial charge in [-0.15, -0.1) is 9.05 Å². The number of hydrogen-bond donors (Lipinski definition) is 3. The van der Waals surface area contributed by atoms with E-state index in [4.69, 9.17) is 30.0 Å². The smallest absolute Gasteiger partial charge is 0.381 e. The Balaban J connectivity index is 1.18. The minimum absolute atomic E-state index is 0.0446. The number of H-pyrrole nitrogens is 1. The summed E-state index contributed by atoms with van der Waals surface area (Å²) in [6, 6.07) is 0. The Morgan fingerprint density at radius 1 is 1.14 bits per heavy atom. The Morgan fingerprint density at radius 2 is 2.03 bits per heavy atom. The van der Waals surface area contributed by atoms with Crippen molar-refractivity contribution in [1.82, 2.24) is 39.1 Å². The standard InChI is InChI=1S/C19H20N10O6P2/c20-14-16-22-3-7(29(16)25-5-23-14)8-1-11-10(33-8)4-32-37(31)35-9-2-12(36-11)34-18(9)28-6-24-13-15(28)26-19(21)27-17(13)30/h3,5-6,8-12,18,36H,1-2,4H2,(H4-,20,21,23,25,26,27,30)/p+1/t8-,9-,10-,11?,12+,18-/m1/s1. The molecular formula is C19H21N10O6P2+. The van der Waals surface area contributed by atoms with Crippen molar-refractivity contribution in [3.05, 3.63) is 34.9 Å². The average molecular weight is 547 g/mol. The molecule has 2 bridgehead atoms. The highest BCUT2D eigenvalue weighted by molar-refractivity contribution is 7.39. The van der Waals surface area contributed by atoms with Crippen molar-refractivity contribution in [3.63, 3.8) is 0 Å². The Bertz CT molecular complexity index is 1590. The molecule has 4 aromatic heterocycles. The number of rotatable bonds is 2. The molecule has 0 spiro atoms. The Hall–Kier alpha value is -3.13. The van der Waals surface area contributed by atoms with E-state index in [0.29, 0.717) is 27.1 Å². The minimum atomic E-state index is -2.46. The summed E-state index contributed by atoms with van der Waals surface area (Å²) >= 11 is 0. The molecule has 7 heterocycles. The van der Waals surface area contributed by atoms with Crippen LogP contribution in [0.3, 0.4) is 0 Å². The zero-order valence-corrected chi connectivity index (χ0v) is 20.9. The molecule has 3 aliphatic heterocycles. The molecule has 37 heavy (non-hydrogen) atoms. The predicted molar refractivity (Wildman–Crippen MR) is 129 cm³/mol. The highest BCUT2D eigenvalue weighted by Gasteiger charge is 2.49. The summed E-state index contributed by atoms with van der Waals surface area (Å²) in [4.78, 5) is 31.4. The van der Waals surface area contributed by atoms with Gasteiger partial charge in [-0.1, -0.05) is 8.58 Å². The van der Waals surface area contributed by atoms with Crippen LogP contribution < -0.4 is 17.0 Å². The third-order valence-electron chi connectivity index (χ3n) is 6.70. The van der Waals surface area contributed by atoms with Crippen LogP contribution in [0.5, 0.6) is 0 Å². The molecule has 3 unspecified atom stereocenters. The summed E-state index contributed by atoms with van der Waals surface area (Å²) in [5, 5.41) is 4.27. The van der Waals surface area contributed by atoms with E-state index in [1.54, 1.807) is 15.3 Å². The highest BCUT2D eigenvalue weighted by Crippen LogP contribution is 2.51. The molecule has 18 heteroatoms. The summed E-state index contributed by atoms with van der Waals surface area (Å²) < 4.78 is 40.0. The number of nitrogens with one attached hydrogen (secondary N) is 1. The molecule has 5 N–H and O–H groups in total. The zero-order valence-electron chi connectivity index (χ0n) is 19.0. The van der Waals surface area contributed by atoms with E-state index >= 15 is 0 Å². The van der Waals surface area contributed by atoms with Crippen LogP contribution in [0.25, 0.3) is 16.8 Å². The van der Waals surface area contributed by atoms with E-state index < -0.39 is 26.1 Å². The first kappa shape index (κ1) is 23.0. The second-order valence-electron chi connectivity index (χ2n) is 8.93. The average Bonchev–Trinajstić information content (AvgIpc) is 3.63. The third kappa shape index (κ3) is 3.88. The first-order valence-electron chi connectivity index (χ1n) is 11.4. The van der Waals surface area contributed by atoms with Gasteiger partial charge in [0.15, 0.2) is 35.0 Å². The molecule has 0 radical (unpaired) electrons. The molecule has 4 aromatic rings. The van der Waals surface area contributed by atoms with E-state index in [9.17, 15) is 9.36 Å². The summed E-state index contributed by atoms with van der Waals surface area (Å²) in [5.41, 5.74) is 12.9. The Kier molecular flexibility index (Phi) is 5.43. The maximum Gasteiger partial charge on any atom is 0.697 e. The molecule has 3 aliphatic rings. The minimum Gasteiger partial charge on any atom is -0.381 e. The molecule has 0 aromatic carbocycles. The van der Waals surface area contributed by atoms with Gasteiger partial charge in [-0.2, -0.15) is 10.1 Å². The summed E-state index contributed by atoms with van der Waals surface area (Å²) in [7, 11) is -2.13. The summed E-state index contributed by atoms with van der Waals surface area (Å²) in [6.07, 6.45) is 3.66. The molecule has 0 amide bonds. The highest BCUT2D eigenvalue weighted by atomic mass is 31.1. The number of nitrogens with two attached hydrogens (primary N) is 2. The fraction of sp³-hybridized carbons (Fsp3) is 0.474. The van der Waals surface area contributed by atoms with E-state index in [-0.39, 0.29) is 53.2 Å². The summed E-state index contributed by atoms with van der Waals surface area (Å²) in [5.74, 6) is 0.0273. The number of aromatic amines is 1. The van der Waals surface area contributed by atoms with Crippen LogP contribution in [0.15, 0.2) is 23.6 Å². The number of nitrogen functional groups attached to an aromatic ring is 2. The molecule has 192 valence electrons. The normalized spacial score (nSPS) is 31.8. The second-order valence-corrected chi connectivity index (χ2v) is 11.6. The largest absolute Gasteiger partial charge is 0.697 e. The van der Waals surface area contributed by atoms with Crippen molar-refractivity contribution in [1.29, 1.82) is 0 Å². The molecular weight excluding hydrogens is 526 g/mol. The van der Waals surface area contributed by atoms with Gasteiger partial charge in [-0.3, -0.25) is 14.3 Å². The van der Waals surface area contributed by atoms with E-state index in [2.05, 4.69) is 30.0 Å². The molecule has 0 aliphatic carbocycles. The van der Waals surface area contributed by atoms with Crippen LogP contribution in [-0.4, -0.2) is 69.4 Å². The van der Waals surface area contributed by atoms with Crippen molar-refractivity contribution in [2.75, 3.05) is 18.1 Å². The lowest BCUT2D eigenvalue weighted by atomic mass is 10.1. The molecule has 0 saturated carbocycles. The lowest BCUT2D eigenvalue weighted by molar-refractivity contribution is -0.0111. The van der Waals surface area contributed by atoms with Crippen LogP contribution >= 0.6 is 16.8 Å². The van der Waals surface area contributed by atoms with E-state index in [1.165, 1.54) is 12.7 Å². The maximum atomic E-state index is 12.7. The monoisotopic (exact) mass is 547 g/mol. The van der Waals surface area contributed by atoms with Crippen molar-refractivity contribution in [2.24, 2.45) is 0 Å². The van der Waals surface area contributed by atoms with E-state index in [0.717, 1.165) is 5.69 Å². The SMILES string of the molecule is Nc1nc2c(ncn2[C@@H]2O[C@@H]3C[C@H]2O[P+](=O)OC[C@H]2O[C@@H](c4cnc5c(N)ncnn45)CC2P3)c(=O)[nH]1. The van der Waals surface area contributed by atoms with Gasteiger partial charge in [0, 0.05) is 16.6 Å². The Morgan fingerprint density at radius 3 is 2.92 bits per heavy atom. The van der Waals surface area contributed by atoms with Crippen molar-refractivity contribution in [3.8, 4) is 0 Å². The molecule has 3 fully saturated rings. The first-order chi connectivity index (χ1) is 17.9. The van der Waals surface area contributed by atoms with Gasteiger partial charge < -0.3 is 20.9 Å². The fourth-order valence-corrected chi connectivity index (χ4v) is 7.61. The predicted octanol–water partition coefficient (Wildman–Crippen LogP) is 0.617. The van der Waals surface area contributed by atoms with Crippen LogP contribution in [0.4, 0.5) is 11.8 Å². The van der Waals surface area contributed by atoms with Crippen molar-refractivity contribution < 1.29 is 23.1 Å². The topological polar surface area (TPSA) is 213 Å². The quantitative estimate of drug-likeness (QED) is 0.294. The van der Waals surface area contributed by atoms with Crippen molar-refractivity contribution >= 4 is 45.4 Å². The van der Waals surface area contributed by atoms with Gasteiger partial charge >= 0.3 is 8.25 Å². The number of fused-ring (bicyclic) bond motifs is 5. The molecule has 7 rings (SSSR count). The van der Waals surface area contributed by atoms with Crippen LogP contribution in [0, 0.1) is 0 Å². The maximum absolute atomic E-state index is 12.7. The summed E-state index contributed by atoms with van der Waals surface area (Å²) in [6.45, 7) is 0.100. The molecule has 16 nitrogen and oxygen atoms in total. The lowest BCUT2D eigenvalue weighted by Gasteiger charge is -2.20. The van der Waals surface area contributed by atoms with Gasteiger partial charge in [-0.25, -0.2) is 19.5 Å². The van der Waals surface area contributed by atoms with Crippen LogP contribution in [0.1, 0.15) is 30.9 Å². The zero-order chi connectivity index (χ0) is 25.3. The van der Waals surface area contributed by atoms with Gasteiger partial charge in [-0.05, 0) is 6.42 Å². The number of imidazole rings is 2. The van der Waals surface area contributed by atoms with Crippen LogP contribution in [0.2, 0.25) is 0 Å². The number of hydrogen-bond acceptors (Lipinski definition) is 13. The molecule has 8 atom stereocenters. The van der Waals surface area contributed by atoms with Gasteiger partial charge in [0.25, 0.3) is 5.56 Å². The van der Waals surface area contributed by atoms with E-state index in [1.807, 2.05) is 0 Å². The Labute approximate surface area is 209 Å². The van der Waals surface area contributed by atoms with Gasteiger partial charge in [0.2, 0.25) is 5.95 Å². The number of ether oxygens (including phenoxy) is 2. The van der Waals surface area contributed by atoms with Gasteiger partial charge in [0.05, 0.1) is 30.2 Å². The van der Waals surface area contributed by atoms with Crippen LogP contribution in [-0.2, 0) is 23.1 Å². The molecule has 3 saturated heterocycles. The van der Waals surface area contributed by atoms with Gasteiger partial charge in [0.1, 0.15) is 19.0 Å². The fourth-order valence-electron chi connectivity index (χ4n) is 5.07. The van der Waals surface area contributed by atoms with Crippen molar-refractivity contribution in [2.45, 2.75) is 48.9 Å². The first-order valence-corrected chi connectivity index (χ1v) is 13.7.